The Hall–Kier alpha value is -3.77. The molecule has 2 aliphatic rings. The molecule has 0 bridgehead atoms. The van der Waals surface area contributed by atoms with Crippen LogP contribution < -0.4 is 16.0 Å². The zero-order valence-corrected chi connectivity index (χ0v) is 31.0. The van der Waals surface area contributed by atoms with Gasteiger partial charge < -0.3 is 25.2 Å². The monoisotopic (exact) mass is 719 g/mol. The van der Waals surface area contributed by atoms with E-state index in [0.29, 0.717) is 32.2 Å². The van der Waals surface area contributed by atoms with E-state index < -0.39 is 67.4 Å². The van der Waals surface area contributed by atoms with E-state index in [9.17, 15) is 33.3 Å². The second kappa shape index (κ2) is 19.0. The molecule has 6 amide bonds. The first kappa shape index (κ1) is 40.7. The van der Waals surface area contributed by atoms with E-state index in [2.05, 4.69) is 16.0 Å². The molecule has 14 nitrogen and oxygen atoms in total. The van der Waals surface area contributed by atoms with E-state index in [1.165, 1.54) is 11.9 Å². The zero-order chi connectivity index (χ0) is 37.0. The van der Waals surface area contributed by atoms with Crippen molar-refractivity contribution in [3.05, 3.63) is 35.9 Å². The largest absolute Gasteiger partial charge is 0.445 e. The molecule has 278 valence electrons. The van der Waals surface area contributed by atoms with Crippen molar-refractivity contribution < 1.29 is 42.6 Å². The van der Waals surface area contributed by atoms with Crippen molar-refractivity contribution in [3.63, 3.8) is 0 Å². The van der Waals surface area contributed by atoms with Gasteiger partial charge in [0.05, 0.1) is 6.61 Å². The van der Waals surface area contributed by atoms with Crippen molar-refractivity contribution in [1.29, 1.82) is 0 Å². The number of benzene rings is 1. The summed E-state index contributed by atoms with van der Waals surface area (Å²) in [6, 6.07) is 6.44. The summed E-state index contributed by atoms with van der Waals surface area (Å²) >= 11 is 0. The molecule has 2 fully saturated rings. The molecule has 1 aromatic rings. The van der Waals surface area contributed by atoms with Gasteiger partial charge in [0, 0.05) is 32.1 Å². The highest BCUT2D eigenvalue weighted by molar-refractivity contribution is 7.59. The van der Waals surface area contributed by atoms with Crippen LogP contribution in [0.5, 0.6) is 0 Å². The van der Waals surface area contributed by atoms with Gasteiger partial charge in [0.15, 0.2) is 0 Å². The first-order valence-electron chi connectivity index (χ1n) is 17.5. The Kier molecular flexibility index (Phi) is 15.5. The van der Waals surface area contributed by atoms with Crippen LogP contribution >= 0.6 is 7.37 Å². The third-order valence-electron chi connectivity index (χ3n) is 8.76. The predicted octanol–water partition coefficient (Wildman–Crippen LogP) is 3.63. The summed E-state index contributed by atoms with van der Waals surface area (Å²) in [5.41, 5.74) is 0.804. The molecule has 15 heteroatoms. The molecule has 50 heavy (non-hydrogen) atoms. The summed E-state index contributed by atoms with van der Waals surface area (Å²) in [6.45, 7) is 9.71. The molecule has 2 aliphatic heterocycles. The van der Waals surface area contributed by atoms with E-state index in [1.54, 1.807) is 6.92 Å². The molecule has 2 heterocycles. The van der Waals surface area contributed by atoms with Crippen LogP contribution in [0, 0.1) is 17.8 Å². The number of carbonyl (C=O) groups excluding carboxylic acids is 6. The summed E-state index contributed by atoms with van der Waals surface area (Å²) in [5, 5.41) is 8.10. The maximum absolute atomic E-state index is 14.4. The molecule has 0 saturated carbocycles. The number of piperidine rings is 1. The van der Waals surface area contributed by atoms with Crippen LogP contribution in [0.15, 0.2) is 30.3 Å². The van der Waals surface area contributed by atoms with Gasteiger partial charge in [-0.2, -0.15) is 0 Å². The van der Waals surface area contributed by atoms with Crippen LogP contribution in [0.3, 0.4) is 0 Å². The van der Waals surface area contributed by atoms with Gasteiger partial charge in [-0.05, 0) is 56.4 Å². The van der Waals surface area contributed by atoms with Crippen LogP contribution in [-0.2, 0) is 44.4 Å². The number of ether oxygens (including phenoxy) is 1. The summed E-state index contributed by atoms with van der Waals surface area (Å²) in [7, 11) is -2.34. The quantitative estimate of drug-likeness (QED) is 0.160. The van der Waals surface area contributed by atoms with Crippen LogP contribution in [0.1, 0.15) is 78.7 Å². The van der Waals surface area contributed by atoms with E-state index in [-0.39, 0.29) is 50.0 Å². The molecule has 5 atom stereocenters. The summed E-state index contributed by atoms with van der Waals surface area (Å²) in [6.07, 6.45) is 0.203. The van der Waals surface area contributed by atoms with Gasteiger partial charge in [0.2, 0.25) is 31.0 Å². The number of amides is 6. The summed E-state index contributed by atoms with van der Waals surface area (Å²) in [4.78, 5) is 81.4. The lowest BCUT2D eigenvalue weighted by molar-refractivity contribution is -0.150. The molecule has 1 unspecified atom stereocenters. The predicted molar refractivity (Wildman–Crippen MR) is 187 cm³/mol. The number of hydrogen-bond donors (Lipinski definition) is 3. The summed E-state index contributed by atoms with van der Waals surface area (Å²) in [5.74, 6) is -3.32. The highest BCUT2D eigenvalue weighted by atomic mass is 31.2. The van der Waals surface area contributed by atoms with Crippen LogP contribution in [0.25, 0.3) is 0 Å². The lowest BCUT2D eigenvalue weighted by Crippen LogP contribution is -2.57. The molecule has 2 saturated heterocycles. The van der Waals surface area contributed by atoms with Gasteiger partial charge in [-0.1, -0.05) is 58.0 Å². The number of rotatable bonds is 17. The SMILES string of the molecule is CCOP(=O)(C[C@@H](CC(C)C)C(=O)N[C@@H](CC(C)C)C(=O)NC)CN1C(=O)CC[C@H](NC(=O)[C@H]2CCCN2C(=O)OCc2ccccc2)C1=O. The number of likely N-dealkylation sites (N-methyl/N-ethyl adjacent to an activating group) is 1. The highest BCUT2D eigenvalue weighted by Gasteiger charge is 2.43. The van der Waals surface area contributed by atoms with Gasteiger partial charge in [-0.25, -0.2) is 4.79 Å². The van der Waals surface area contributed by atoms with Gasteiger partial charge >= 0.3 is 6.09 Å². The third kappa shape index (κ3) is 11.7. The first-order chi connectivity index (χ1) is 23.7. The van der Waals surface area contributed by atoms with Crippen molar-refractivity contribution in [3.8, 4) is 0 Å². The Balaban J connectivity index is 1.71. The average Bonchev–Trinajstić information content (AvgIpc) is 3.56. The molecule has 0 spiro atoms. The van der Waals surface area contributed by atoms with Gasteiger partial charge in [0.1, 0.15) is 31.0 Å². The normalized spacial score (nSPS) is 20.3. The zero-order valence-electron chi connectivity index (χ0n) is 30.1. The number of likely N-dealkylation sites (tertiary alicyclic amines) is 2. The average molecular weight is 720 g/mol. The maximum Gasteiger partial charge on any atom is 0.410 e. The number of hydrogen-bond acceptors (Lipinski definition) is 9. The second-order valence-electron chi connectivity index (χ2n) is 13.8. The second-order valence-corrected chi connectivity index (χ2v) is 16.4. The smallest absolute Gasteiger partial charge is 0.410 e. The molecular formula is C35H54N5O9P. The minimum atomic E-state index is -3.83. The van der Waals surface area contributed by atoms with Crippen LogP contribution in [0.2, 0.25) is 0 Å². The Labute approximate surface area is 295 Å². The van der Waals surface area contributed by atoms with E-state index in [1.807, 2.05) is 58.0 Å². The van der Waals surface area contributed by atoms with Crippen molar-refractivity contribution in [2.24, 2.45) is 17.8 Å². The molecule has 3 rings (SSSR count). The fourth-order valence-corrected chi connectivity index (χ4v) is 8.87. The lowest BCUT2D eigenvalue weighted by atomic mass is 9.96. The van der Waals surface area contributed by atoms with Gasteiger partial charge in [-0.15, -0.1) is 0 Å². The number of nitrogens with zero attached hydrogens (tertiary/aromatic N) is 2. The standard InChI is InChI=1S/C35H54N5O9P/c1-7-49-50(47,21-26(18-23(2)3)31(42)38-28(19-24(4)5)32(43)36-6)22-40-30(41)16-15-27(34(40)45)37-33(44)29-14-11-17-39(29)35(46)48-20-25-12-9-8-10-13-25/h8-10,12-13,23-24,26-29H,7,11,14-22H2,1-6H3,(H,36,43)(H,37,44)(H,38,42)/t26-,27+,28+,29-,50?/m1/s1. The van der Waals surface area contributed by atoms with Crippen molar-refractivity contribution >= 4 is 43.0 Å². The van der Waals surface area contributed by atoms with E-state index >= 15 is 0 Å². The molecule has 3 N–H and O–H groups in total. The van der Waals surface area contributed by atoms with Crippen LogP contribution in [0.4, 0.5) is 4.79 Å². The number of nitrogens with one attached hydrogen (secondary N) is 3. The highest BCUT2D eigenvalue weighted by Crippen LogP contribution is 2.50. The van der Waals surface area contributed by atoms with Crippen molar-refractivity contribution in [2.75, 3.05) is 32.6 Å². The van der Waals surface area contributed by atoms with Crippen LogP contribution in [-0.4, -0.2) is 96.2 Å². The Morgan fingerprint density at radius 2 is 1.66 bits per heavy atom. The van der Waals surface area contributed by atoms with Crippen molar-refractivity contribution in [2.45, 2.75) is 97.9 Å². The fourth-order valence-electron chi connectivity index (χ4n) is 6.39. The Bertz CT molecular complexity index is 1410. The van der Waals surface area contributed by atoms with E-state index in [4.69, 9.17) is 9.26 Å². The summed E-state index contributed by atoms with van der Waals surface area (Å²) < 4.78 is 25.5. The topological polar surface area (TPSA) is 181 Å². The first-order valence-corrected chi connectivity index (χ1v) is 19.5. The fraction of sp³-hybridized carbons (Fsp3) is 0.657. The van der Waals surface area contributed by atoms with Gasteiger partial charge in [0.25, 0.3) is 5.91 Å². The maximum atomic E-state index is 14.4. The van der Waals surface area contributed by atoms with Crippen molar-refractivity contribution in [1.82, 2.24) is 25.8 Å². The Morgan fingerprint density at radius 1 is 0.980 bits per heavy atom. The van der Waals surface area contributed by atoms with E-state index in [0.717, 1.165) is 10.5 Å². The minimum absolute atomic E-state index is 0.00970. The minimum Gasteiger partial charge on any atom is -0.445 e. The lowest BCUT2D eigenvalue weighted by Gasteiger charge is -2.35. The molecular weight excluding hydrogens is 665 g/mol. The van der Waals surface area contributed by atoms with Gasteiger partial charge in [-0.3, -0.25) is 38.3 Å². The molecule has 0 aromatic heterocycles. The molecule has 0 radical (unpaired) electrons. The molecule has 1 aromatic carbocycles. The third-order valence-corrected chi connectivity index (χ3v) is 11.2. The Morgan fingerprint density at radius 3 is 2.28 bits per heavy atom. The number of imide groups is 1. The molecule has 0 aliphatic carbocycles. The number of carbonyl (C=O) groups is 6.